The fraction of sp³-hybridized carbons (Fsp3) is 0.750. The van der Waals surface area contributed by atoms with Crippen molar-refractivity contribution in [3.05, 3.63) is 12.2 Å². The van der Waals surface area contributed by atoms with Gasteiger partial charge in [0.2, 0.25) is 11.8 Å². The van der Waals surface area contributed by atoms with Gasteiger partial charge in [-0.25, -0.2) is 0 Å². The predicted octanol–water partition coefficient (Wildman–Crippen LogP) is 1.73. The smallest absolute Gasteiger partial charge is 0.232 e. The van der Waals surface area contributed by atoms with E-state index in [-0.39, 0.29) is 36.0 Å². The van der Waals surface area contributed by atoms with Crippen LogP contribution in [0.5, 0.6) is 0 Å². The van der Waals surface area contributed by atoms with Crippen LogP contribution < -0.4 is 0 Å². The van der Waals surface area contributed by atoms with E-state index in [2.05, 4.69) is 12.2 Å². The lowest BCUT2D eigenvalue weighted by molar-refractivity contribution is -0.143. The zero-order valence-corrected chi connectivity index (χ0v) is 12.7. The van der Waals surface area contributed by atoms with Gasteiger partial charge in [0.15, 0.2) is 6.29 Å². The SMILES string of the molecule is CC1C(=O)N(CC2COC([C@H]3C=CCCC3)O2)C(=O)C1C. The van der Waals surface area contributed by atoms with Gasteiger partial charge in [-0.15, -0.1) is 0 Å². The maximum Gasteiger partial charge on any atom is 0.232 e. The molecule has 3 rings (SSSR count). The summed E-state index contributed by atoms with van der Waals surface area (Å²) in [6, 6.07) is 0. The summed E-state index contributed by atoms with van der Waals surface area (Å²) >= 11 is 0. The second-order valence-electron chi connectivity index (χ2n) is 6.35. The molecule has 1 aliphatic carbocycles. The van der Waals surface area contributed by atoms with Gasteiger partial charge < -0.3 is 9.47 Å². The molecule has 5 nitrogen and oxygen atoms in total. The highest BCUT2D eigenvalue weighted by molar-refractivity contribution is 6.04. The highest BCUT2D eigenvalue weighted by Crippen LogP contribution is 2.30. The largest absolute Gasteiger partial charge is 0.349 e. The van der Waals surface area contributed by atoms with E-state index in [1.54, 1.807) is 0 Å². The molecular formula is C16H23NO4. The average Bonchev–Trinajstić information content (AvgIpc) is 3.05. The molecule has 0 radical (unpaired) electrons. The first-order chi connectivity index (χ1) is 10.1. The van der Waals surface area contributed by atoms with Crippen molar-refractivity contribution < 1.29 is 19.1 Å². The first-order valence-corrected chi connectivity index (χ1v) is 7.87. The molecule has 0 bridgehead atoms. The Bertz CT molecular complexity index is 441. The Morgan fingerprint density at radius 1 is 1.24 bits per heavy atom. The lowest BCUT2D eigenvalue weighted by Crippen LogP contribution is -2.39. The van der Waals surface area contributed by atoms with Crippen molar-refractivity contribution in [2.45, 2.75) is 45.5 Å². The predicted molar refractivity (Wildman–Crippen MR) is 76.1 cm³/mol. The Morgan fingerprint density at radius 2 is 1.95 bits per heavy atom. The molecule has 2 fully saturated rings. The van der Waals surface area contributed by atoms with Gasteiger partial charge in [0.05, 0.1) is 13.2 Å². The summed E-state index contributed by atoms with van der Waals surface area (Å²) in [5, 5.41) is 0. The Hall–Kier alpha value is -1.20. The highest BCUT2D eigenvalue weighted by Gasteiger charge is 2.44. The normalized spacial score (nSPS) is 40.3. The lowest BCUT2D eigenvalue weighted by atomic mass is 9.95. The molecule has 0 aromatic rings. The van der Waals surface area contributed by atoms with E-state index in [4.69, 9.17) is 9.47 Å². The molecule has 2 heterocycles. The average molecular weight is 293 g/mol. The molecule has 0 saturated carbocycles. The van der Waals surface area contributed by atoms with Crippen LogP contribution in [0.25, 0.3) is 0 Å². The molecule has 0 N–H and O–H groups in total. The fourth-order valence-corrected chi connectivity index (χ4v) is 3.27. The molecule has 5 atom stereocenters. The Kier molecular flexibility index (Phi) is 4.13. The third-order valence-corrected chi connectivity index (χ3v) is 4.86. The third-order valence-electron chi connectivity index (χ3n) is 4.86. The summed E-state index contributed by atoms with van der Waals surface area (Å²) < 4.78 is 11.6. The van der Waals surface area contributed by atoms with E-state index >= 15 is 0 Å². The first kappa shape index (κ1) is 14.7. The number of hydrogen-bond acceptors (Lipinski definition) is 4. The maximum atomic E-state index is 12.1. The number of rotatable bonds is 3. The van der Waals surface area contributed by atoms with Crippen molar-refractivity contribution in [2.24, 2.45) is 17.8 Å². The van der Waals surface area contributed by atoms with Gasteiger partial charge >= 0.3 is 0 Å². The minimum atomic E-state index is -0.228. The van der Waals surface area contributed by atoms with E-state index in [1.165, 1.54) is 4.90 Å². The Balaban J connectivity index is 1.57. The van der Waals surface area contributed by atoms with Crippen LogP contribution in [0.15, 0.2) is 12.2 Å². The molecular weight excluding hydrogens is 270 g/mol. The second kappa shape index (κ2) is 5.89. The molecule has 2 aliphatic heterocycles. The number of imide groups is 1. The van der Waals surface area contributed by atoms with Crippen molar-refractivity contribution in [3.8, 4) is 0 Å². The van der Waals surface area contributed by atoms with Crippen LogP contribution in [0.2, 0.25) is 0 Å². The van der Waals surface area contributed by atoms with Gasteiger partial charge in [0.25, 0.3) is 0 Å². The third kappa shape index (κ3) is 2.77. The summed E-state index contributed by atoms with van der Waals surface area (Å²) in [6.07, 6.45) is 7.26. The van der Waals surface area contributed by atoms with Crippen LogP contribution >= 0.6 is 0 Å². The van der Waals surface area contributed by atoms with Crippen LogP contribution in [0.1, 0.15) is 33.1 Å². The number of hydrogen-bond donors (Lipinski definition) is 0. The molecule has 2 saturated heterocycles. The summed E-state index contributed by atoms with van der Waals surface area (Å²) in [5.41, 5.74) is 0. The zero-order valence-electron chi connectivity index (χ0n) is 12.7. The molecule has 2 amide bonds. The molecule has 116 valence electrons. The van der Waals surface area contributed by atoms with Gasteiger partial charge in [0.1, 0.15) is 6.10 Å². The maximum absolute atomic E-state index is 12.1. The molecule has 21 heavy (non-hydrogen) atoms. The van der Waals surface area contributed by atoms with Gasteiger partial charge in [-0.3, -0.25) is 14.5 Å². The molecule has 0 spiro atoms. The summed E-state index contributed by atoms with van der Waals surface area (Å²) in [6.45, 7) is 4.40. The van der Waals surface area contributed by atoms with Crippen molar-refractivity contribution in [1.82, 2.24) is 4.90 Å². The van der Waals surface area contributed by atoms with Crippen molar-refractivity contribution >= 4 is 11.8 Å². The van der Waals surface area contributed by atoms with Gasteiger partial charge in [-0.1, -0.05) is 26.0 Å². The number of nitrogens with zero attached hydrogens (tertiary/aromatic N) is 1. The standard InChI is InChI=1S/C16H23NO4/c1-10-11(2)15(19)17(14(10)18)8-13-9-20-16(21-13)12-6-4-3-5-7-12/h4,6,10-13,16H,3,5,7-9H2,1-2H3/t10?,11?,12-,13?,16?/m0/s1. The quantitative estimate of drug-likeness (QED) is 0.587. The van der Waals surface area contributed by atoms with Crippen LogP contribution in [-0.2, 0) is 19.1 Å². The van der Waals surface area contributed by atoms with Crippen LogP contribution in [-0.4, -0.2) is 42.3 Å². The van der Waals surface area contributed by atoms with Crippen molar-refractivity contribution in [2.75, 3.05) is 13.2 Å². The number of ether oxygens (including phenoxy) is 2. The molecule has 3 aliphatic rings. The van der Waals surface area contributed by atoms with Crippen LogP contribution in [0, 0.1) is 17.8 Å². The van der Waals surface area contributed by atoms with Gasteiger partial charge in [-0.05, 0) is 19.3 Å². The van der Waals surface area contributed by atoms with Crippen molar-refractivity contribution in [1.29, 1.82) is 0 Å². The Labute approximate surface area is 125 Å². The first-order valence-electron chi connectivity index (χ1n) is 7.87. The minimum absolute atomic E-state index is 0.0860. The van der Waals surface area contributed by atoms with E-state index in [1.807, 2.05) is 13.8 Å². The highest BCUT2D eigenvalue weighted by atomic mass is 16.7. The van der Waals surface area contributed by atoms with Gasteiger partial charge in [-0.2, -0.15) is 0 Å². The molecule has 0 aromatic heterocycles. The number of carbonyl (C=O) groups excluding carboxylic acids is 2. The molecule has 5 heteroatoms. The van der Waals surface area contributed by atoms with Crippen LogP contribution in [0.3, 0.4) is 0 Å². The topological polar surface area (TPSA) is 55.8 Å². The molecule has 4 unspecified atom stereocenters. The number of carbonyl (C=O) groups is 2. The van der Waals surface area contributed by atoms with Crippen molar-refractivity contribution in [3.63, 3.8) is 0 Å². The number of allylic oxidation sites excluding steroid dienone is 1. The van der Waals surface area contributed by atoms with E-state index in [0.717, 1.165) is 19.3 Å². The Morgan fingerprint density at radius 3 is 2.57 bits per heavy atom. The van der Waals surface area contributed by atoms with E-state index in [0.29, 0.717) is 19.1 Å². The minimum Gasteiger partial charge on any atom is -0.349 e. The van der Waals surface area contributed by atoms with E-state index in [9.17, 15) is 9.59 Å². The summed E-state index contributed by atoms with van der Waals surface area (Å²) in [7, 11) is 0. The zero-order chi connectivity index (χ0) is 15.0. The summed E-state index contributed by atoms with van der Waals surface area (Å²) in [5.74, 6) is -0.324. The number of likely N-dealkylation sites (tertiary alicyclic amines) is 1. The second-order valence-corrected chi connectivity index (χ2v) is 6.35. The van der Waals surface area contributed by atoms with Gasteiger partial charge in [0, 0.05) is 17.8 Å². The monoisotopic (exact) mass is 293 g/mol. The lowest BCUT2D eigenvalue weighted by Gasteiger charge is -2.23. The van der Waals surface area contributed by atoms with Crippen LogP contribution in [0.4, 0.5) is 0 Å². The van der Waals surface area contributed by atoms with E-state index < -0.39 is 0 Å². The fourth-order valence-electron chi connectivity index (χ4n) is 3.27. The number of amides is 2. The molecule has 0 aromatic carbocycles. The summed E-state index contributed by atoms with van der Waals surface area (Å²) in [4.78, 5) is 25.5.